The topological polar surface area (TPSA) is 70.6 Å². The van der Waals surface area contributed by atoms with Gasteiger partial charge in [-0.25, -0.2) is 0 Å². The normalized spacial score (nSPS) is 14.4. The van der Waals surface area contributed by atoms with Crippen molar-refractivity contribution >= 4 is 11.6 Å². The van der Waals surface area contributed by atoms with Gasteiger partial charge in [0.2, 0.25) is 5.91 Å². The number of hydrogen-bond acceptors (Lipinski definition) is 4. The van der Waals surface area contributed by atoms with E-state index in [4.69, 9.17) is 4.74 Å². The highest BCUT2D eigenvalue weighted by molar-refractivity contribution is 5.88. The van der Waals surface area contributed by atoms with Crippen molar-refractivity contribution in [3.8, 4) is 5.75 Å². The van der Waals surface area contributed by atoms with Gasteiger partial charge in [0.05, 0.1) is 13.2 Å². The summed E-state index contributed by atoms with van der Waals surface area (Å²) in [7, 11) is 1.62. The van der Waals surface area contributed by atoms with Crippen LogP contribution in [-0.2, 0) is 4.79 Å². The van der Waals surface area contributed by atoms with E-state index in [-0.39, 0.29) is 18.0 Å². The number of carbonyl (C=O) groups is 1. The molecule has 3 N–H and O–H groups in total. The molecule has 25 heavy (non-hydrogen) atoms. The Morgan fingerprint density at radius 3 is 2.36 bits per heavy atom. The van der Waals surface area contributed by atoms with Crippen LogP contribution in [0, 0.1) is 0 Å². The largest absolute Gasteiger partial charge is 0.497 e. The van der Waals surface area contributed by atoms with Gasteiger partial charge in [-0.2, -0.15) is 0 Å². The molecule has 0 heterocycles. The highest BCUT2D eigenvalue weighted by Gasteiger charge is 2.19. The Morgan fingerprint density at radius 1 is 1.08 bits per heavy atom. The number of carbonyl (C=O) groups excluding carboxylic acids is 1. The lowest BCUT2D eigenvalue weighted by molar-refractivity contribution is -0.114. The van der Waals surface area contributed by atoms with Crippen LogP contribution in [0.4, 0.5) is 5.69 Å². The maximum Gasteiger partial charge on any atom is 0.221 e. The standard InChI is InChI=1S/C20H26N2O3/c1-13(17-6-5-7-18(12-17)22-15(3)23)21-14(2)20(24)16-8-10-19(25-4)11-9-16/h5-14,20-21,24H,1-4H3,(H,22,23). The molecule has 0 aliphatic heterocycles. The highest BCUT2D eigenvalue weighted by Crippen LogP contribution is 2.23. The summed E-state index contributed by atoms with van der Waals surface area (Å²) in [5, 5.41) is 16.8. The quantitative estimate of drug-likeness (QED) is 0.721. The molecule has 0 fully saturated rings. The number of aliphatic hydroxyl groups is 1. The molecular weight excluding hydrogens is 316 g/mol. The molecule has 0 bridgehead atoms. The van der Waals surface area contributed by atoms with Gasteiger partial charge in [0, 0.05) is 24.7 Å². The van der Waals surface area contributed by atoms with E-state index >= 15 is 0 Å². The van der Waals surface area contributed by atoms with Gasteiger partial charge in [-0.05, 0) is 49.2 Å². The summed E-state index contributed by atoms with van der Waals surface area (Å²) in [5.74, 6) is 0.667. The average Bonchev–Trinajstić information content (AvgIpc) is 2.60. The van der Waals surface area contributed by atoms with E-state index in [9.17, 15) is 9.90 Å². The van der Waals surface area contributed by atoms with Crippen LogP contribution in [0.15, 0.2) is 48.5 Å². The van der Waals surface area contributed by atoms with Crippen molar-refractivity contribution in [3.63, 3.8) is 0 Å². The molecule has 0 aromatic heterocycles. The number of anilines is 1. The molecule has 5 nitrogen and oxygen atoms in total. The van der Waals surface area contributed by atoms with E-state index in [1.54, 1.807) is 7.11 Å². The fourth-order valence-corrected chi connectivity index (χ4v) is 2.76. The van der Waals surface area contributed by atoms with E-state index in [0.717, 1.165) is 22.6 Å². The number of ether oxygens (including phenoxy) is 1. The number of amides is 1. The number of methoxy groups -OCH3 is 1. The Bertz CT molecular complexity index is 700. The van der Waals surface area contributed by atoms with Crippen molar-refractivity contribution in [1.29, 1.82) is 0 Å². The van der Waals surface area contributed by atoms with Crippen LogP contribution < -0.4 is 15.4 Å². The van der Waals surface area contributed by atoms with Gasteiger partial charge in [-0.1, -0.05) is 24.3 Å². The molecule has 3 unspecified atom stereocenters. The molecule has 2 aromatic rings. The second-order valence-electron chi connectivity index (χ2n) is 6.20. The minimum absolute atomic E-state index is 0.0246. The first-order chi connectivity index (χ1) is 11.9. The molecule has 0 radical (unpaired) electrons. The second kappa shape index (κ2) is 8.65. The lowest BCUT2D eigenvalue weighted by Crippen LogP contribution is -2.34. The van der Waals surface area contributed by atoms with Crippen LogP contribution in [-0.4, -0.2) is 24.2 Å². The molecule has 0 aliphatic carbocycles. The van der Waals surface area contributed by atoms with Crippen molar-refractivity contribution in [1.82, 2.24) is 5.32 Å². The predicted molar refractivity (Wildman–Crippen MR) is 99.7 cm³/mol. The predicted octanol–water partition coefficient (Wildman–Crippen LogP) is 3.43. The van der Waals surface area contributed by atoms with Gasteiger partial charge in [-0.3, -0.25) is 4.79 Å². The van der Waals surface area contributed by atoms with Crippen LogP contribution in [0.25, 0.3) is 0 Å². The maximum absolute atomic E-state index is 11.2. The molecule has 5 heteroatoms. The first-order valence-electron chi connectivity index (χ1n) is 8.36. The van der Waals surface area contributed by atoms with Gasteiger partial charge in [0.25, 0.3) is 0 Å². The molecule has 1 amide bonds. The molecule has 2 aromatic carbocycles. The Labute approximate surface area is 149 Å². The van der Waals surface area contributed by atoms with Gasteiger partial charge >= 0.3 is 0 Å². The summed E-state index contributed by atoms with van der Waals surface area (Å²) < 4.78 is 5.14. The summed E-state index contributed by atoms with van der Waals surface area (Å²) in [5.41, 5.74) is 2.64. The first-order valence-corrected chi connectivity index (χ1v) is 8.36. The molecule has 3 atom stereocenters. The van der Waals surface area contributed by atoms with E-state index in [1.807, 2.05) is 62.4 Å². The SMILES string of the molecule is COc1ccc(C(O)C(C)NC(C)c2cccc(NC(C)=O)c2)cc1. The lowest BCUT2D eigenvalue weighted by atomic mass is 10.0. The molecule has 0 spiro atoms. The monoisotopic (exact) mass is 342 g/mol. The van der Waals surface area contributed by atoms with Crippen LogP contribution in [0.3, 0.4) is 0 Å². The zero-order chi connectivity index (χ0) is 18.4. The third-order valence-electron chi connectivity index (χ3n) is 4.15. The Kier molecular flexibility index (Phi) is 6.56. The third kappa shape index (κ3) is 5.31. The van der Waals surface area contributed by atoms with E-state index in [2.05, 4.69) is 10.6 Å². The van der Waals surface area contributed by atoms with Gasteiger partial charge in [0.15, 0.2) is 0 Å². The van der Waals surface area contributed by atoms with Crippen molar-refractivity contribution in [3.05, 3.63) is 59.7 Å². The fraction of sp³-hybridized carbons (Fsp3) is 0.350. The Morgan fingerprint density at radius 2 is 1.76 bits per heavy atom. The van der Waals surface area contributed by atoms with Crippen LogP contribution in [0.5, 0.6) is 5.75 Å². The summed E-state index contributed by atoms with van der Waals surface area (Å²) in [4.78, 5) is 11.2. The molecule has 0 aliphatic rings. The smallest absolute Gasteiger partial charge is 0.221 e. The Balaban J connectivity index is 2.03. The number of hydrogen-bond donors (Lipinski definition) is 3. The van der Waals surface area contributed by atoms with Crippen LogP contribution in [0.1, 0.15) is 44.0 Å². The maximum atomic E-state index is 11.2. The number of aliphatic hydroxyl groups excluding tert-OH is 1. The van der Waals surface area contributed by atoms with Crippen LogP contribution in [0.2, 0.25) is 0 Å². The minimum Gasteiger partial charge on any atom is -0.497 e. The minimum atomic E-state index is -0.633. The summed E-state index contributed by atoms with van der Waals surface area (Å²) in [6, 6.07) is 15.0. The number of nitrogens with one attached hydrogen (secondary N) is 2. The fourth-order valence-electron chi connectivity index (χ4n) is 2.76. The lowest BCUT2D eigenvalue weighted by Gasteiger charge is -2.25. The van der Waals surface area contributed by atoms with Gasteiger partial charge in [-0.15, -0.1) is 0 Å². The molecule has 0 saturated carbocycles. The van der Waals surface area contributed by atoms with Crippen molar-refractivity contribution in [2.75, 3.05) is 12.4 Å². The summed E-state index contributed by atoms with van der Waals surface area (Å²) in [6.45, 7) is 5.47. The van der Waals surface area contributed by atoms with Gasteiger partial charge in [0.1, 0.15) is 5.75 Å². The molecule has 2 rings (SSSR count). The zero-order valence-electron chi connectivity index (χ0n) is 15.1. The van der Waals surface area contributed by atoms with Gasteiger partial charge < -0.3 is 20.5 Å². The van der Waals surface area contributed by atoms with Crippen LogP contribution >= 0.6 is 0 Å². The number of rotatable bonds is 7. The Hall–Kier alpha value is -2.37. The molecule has 0 saturated heterocycles. The van der Waals surface area contributed by atoms with E-state index < -0.39 is 6.10 Å². The van der Waals surface area contributed by atoms with Crippen molar-refractivity contribution < 1.29 is 14.6 Å². The van der Waals surface area contributed by atoms with Crippen molar-refractivity contribution in [2.45, 2.75) is 39.0 Å². The third-order valence-corrected chi connectivity index (χ3v) is 4.15. The second-order valence-corrected chi connectivity index (χ2v) is 6.20. The molecule has 134 valence electrons. The summed E-state index contributed by atoms with van der Waals surface area (Å²) >= 11 is 0. The van der Waals surface area contributed by atoms with Crippen molar-refractivity contribution in [2.24, 2.45) is 0 Å². The van der Waals surface area contributed by atoms with E-state index in [0.29, 0.717) is 0 Å². The van der Waals surface area contributed by atoms with E-state index in [1.165, 1.54) is 6.92 Å². The summed E-state index contributed by atoms with van der Waals surface area (Å²) in [6.07, 6.45) is -0.633. The molecular formula is C20H26N2O3. The zero-order valence-corrected chi connectivity index (χ0v) is 15.1. The highest BCUT2D eigenvalue weighted by atomic mass is 16.5. The average molecular weight is 342 g/mol. The first kappa shape index (κ1) is 19.0. The number of benzene rings is 2.